The zero-order chi connectivity index (χ0) is 14.7. The van der Waals surface area contributed by atoms with E-state index < -0.39 is 15.6 Å². The lowest BCUT2D eigenvalue weighted by Gasteiger charge is -2.25. The van der Waals surface area contributed by atoms with E-state index in [1.54, 1.807) is 19.9 Å². The van der Waals surface area contributed by atoms with Crippen LogP contribution in [0.1, 0.15) is 25.0 Å². The lowest BCUT2D eigenvalue weighted by atomic mass is 10.1. The van der Waals surface area contributed by atoms with Crippen molar-refractivity contribution in [3.8, 4) is 5.75 Å². The Morgan fingerprint density at radius 3 is 2.53 bits per heavy atom. The number of phenolic OH excluding ortho intramolecular Hbond substituents is 1. The summed E-state index contributed by atoms with van der Waals surface area (Å²) in [7, 11) is -3.23. The molecule has 0 saturated heterocycles. The van der Waals surface area contributed by atoms with Crippen LogP contribution in [0, 0.1) is 6.92 Å². The largest absolute Gasteiger partial charge is 0.508 e. The SMILES string of the molecule is Cc1ccc(O)c(CNCC(C)(C)NS(C)(=O)=O)c1. The summed E-state index contributed by atoms with van der Waals surface area (Å²) in [6, 6.07) is 5.40. The summed E-state index contributed by atoms with van der Waals surface area (Å²) in [5, 5.41) is 12.8. The molecule has 0 saturated carbocycles. The van der Waals surface area contributed by atoms with Gasteiger partial charge in [0.15, 0.2) is 0 Å². The van der Waals surface area contributed by atoms with Crippen LogP contribution in [0.2, 0.25) is 0 Å². The van der Waals surface area contributed by atoms with Crippen molar-refractivity contribution in [3.63, 3.8) is 0 Å². The highest BCUT2D eigenvalue weighted by Crippen LogP contribution is 2.17. The van der Waals surface area contributed by atoms with Gasteiger partial charge in [-0.2, -0.15) is 0 Å². The van der Waals surface area contributed by atoms with E-state index in [-0.39, 0.29) is 5.75 Å². The van der Waals surface area contributed by atoms with E-state index in [2.05, 4.69) is 10.0 Å². The van der Waals surface area contributed by atoms with Gasteiger partial charge in [0.25, 0.3) is 0 Å². The monoisotopic (exact) mass is 286 g/mol. The molecule has 0 spiro atoms. The number of hydrogen-bond acceptors (Lipinski definition) is 4. The van der Waals surface area contributed by atoms with E-state index in [4.69, 9.17) is 0 Å². The summed E-state index contributed by atoms with van der Waals surface area (Å²) >= 11 is 0. The molecule has 108 valence electrons. The Morgan fingerprint density at radius 2 is 1.95 bits per heavy atom. The lowest BCUT2D eigenvalue weighted by molar-refractivity contribution is 0.415. The van der Waals surface area contributed by atoms with Gasteiger partial charge in [0.1, 0.15) is 5.75 Å². The second kappa shape index (κ2) is 5.90. The molecule has 0 atom stereocenters. The number of aromatic hydroxyl groups is 1. The number of sulfonamides is 1. The van der Waals surface area contributed by atoms with Crippen LogP contribution in [0.4, 0.5) is 0 Å². The fourth-order valence-electron chi connectivity index (χ4n) is 1.90. The van der Waals surface area contributed by atoms with E-state index in [1.165, 1.54) is 0 Å². The minimum Gasteiger partial charge on any atom is -0.508 e. The molecule has 0 aliphatic heterocycles. The van der Waals surface area contributed by atoms with E-state index in [0.717, 1.165) is 17.4 Å². The molecule has 6 heteroatoms. The predicted octanol–water partition coefficient (Wildman–Crippen LogP) is 1.12. The van der Waals surface area contributed by atoms with Gasteiger partial charge in [-0.3, -0.25) is 0 Å². The average Bonchev–Trinajstić information content (AvgIpc) is 2.19. The summed E-state index contributed by atoms with van der Waals surface area (Å²) in [5.74, 6) is 0.243. The molecule has 0 radical (unpaired) electrons. The highest BCUT2D eigenvalue weighted by Gasteiger charge is 2.21. The maximum Gasteiger partial charge on any atom is 0.209 e. The van der Waals surface area contributed by atoms with Crippen LogP contribution in [0.25, 0.3) is 0 Å². The molecule has 0 heterocycles. The van der Waals surface area contributed by atoms with Crippen LogP contribution in [0.5, 0.6) is 5.75 Å². The number of hydrogen-bond donors (Lipinski definition) is 3. The van der Waals surface area contributed by atoms with E-state index >= 15 is 0 Å². The molecule has 0 fully saturated rings. The van der Waals surface area contributed by atoms with Gasteiger partial charge in [0, 0.05) is 24.2 Å². The van der Waals surface area contributed by atoms with Crippen LogP contribution >= 0.6 is 0 Å². The maximum atomic E-state index is 11.2. The smallest absolute Gasteiger partial charge is 0.209 e. The highest BCUT2D eigenvalue weighted by atomic mass is 32.2. The minimum absolute atomic E-state index is 0.243. The van der Waals surface area contributed by atoms with Crippen molar-refractivity contribution in [2.45, 2.75) is 32.9 Å². The standard InChI is InChI=1S/C13H22N2O3S/c1-10-5-6-12(16)11(7-10)8-14-9-13(2,3)15-19(4,17)18/h5-7,14-16H,8-9H2,1-4H3. The number of benzene rings is 1. The fourth-order valence-corrected chi connectivity index (χ4v) is 2.98. The van der Waals surface area contributed by atoms with Gasteiger partial charge in [0.2, 0.25) is 10.0 Å². The zero-order valence-corrected chi connectivity index (χ0v) is 12.6. The van der Waals surface area contributed by atoms with E-state index in [1.807, 2.05) is 19.1 Å². The summed E-state index contributed by atoms with van der Waals surface area (Å²) < 4.78 is 25.0. The van der Waals surface area contributed by atoms with Crippen molar-refractivity contribution < 1.29 is 13.5 Å². The van der Waals surface area contributed by atoms with Crippen LogP contribution in [-0.4, -0.2) is 31.9 Å². The summed E-state index contributed by atoms with van der Waals surface area (Å²) in [4.78, 5) is 0. The normalized spacial score (nSPS) is 12.6. The molecule has 3 N–H and O–H groups in total. The van der Waals surface area contributed by atoms with Gasteiger partial charge in [-0.1, -0.05) is 17.7 Å². The lowest BCUT2D eigenvalue weighted by Crippen LogP contribution is -2.49. The third kappa shape index (κ3) is 6.04. The maximum absolute atomic E-state index is 11.2. The predicted molar refractivity (Wildman–Crippen MR) is 76.6 cm³/mol. The Morgan fingerprint density at radius 1 is 1.32 bits per heavy atom. The first-order valence-electron chi connectivity index (χ1n) is 6.07. The third-order valence-corrected chi connectivity index (χ3v) is 3.50. The van der Waals surface area contributed by atoms with Crippen molar-refractivity contribution in [1.82, 2.24) is 10.0 Å². The van der Waals surface area contributed by atoms with Gasteiger partial charge in [-0.05, 0) is 26.8 Å². The number of rotatable bonds is 6. The van der Waals surface area contributed by atoms with Gasteiger partial charge in [-0.15, -0.1) is 0 Å². The molecule has 0 bridgehead atoms. The van der Waals surface area contributed by atoms with Crippen LogP contribution < -0.4 is 10.0 Å². The molecular formula is C13H22N2O3S. The Bertz CT molecular complexity index is 539. The van der Waals surface area contributed by atoms with Gasteiger partial charge in [-0.25, -0.2) is 13.1 Å². The van der Waals surface area contributed by atoms with Crippen molar-refractivity contribution in [3.05, 3.63) is 29.3 Å². The number of aryl methyl sites for hydroxylation is 1. The van der Waals surface area contributed by atoms with Crippen molar-refractivity contribution >= 4 is 10.0 Å². The molecule has 0 aliphatic rings. The Balaban J connectivity index is 2.56. The highest BCUT2D eigenvalue weighted by molar-refractivity contribution is 7.88. The van der Waals surface area contributed by atoms with E-state index in [0.29, 0.717) is 13.1 Å². The van der Waals surface area contributed by atoms with Crippen molar-refractivity contribution in [2.24, 2.45) is 0 Å². The summed E-state index contributed by atoms with van der Waals surface area (Å²) in [6.07, 6.45) is 1.14. The third-order valence-electron chi connectivity index (χ3n) is 2.58. The Kier molecular flexibility index (Phi) is 4.95. The molecule has 5 nitrogen and oxygen atoms in total. The molecule has 0 amide bonds. The summed E-state index contributed by atoms with van der Waals surface area (Å²) in [5.41, 5.74) is 1.30. The molecule has 0 unspecified atom stereocenters. The van der Waals surface area contributed by atoms with Crippen LogP contribution in [0.3, 0.4) is 0 Å². The van der Waals surface area contributed by atoms with Crippen molar-refractivity contribution in [1.29, 1.82) is 0 Å². The fraction of sp³-hybridized carbons (Fsp3) is 0.538. The van der Waals surface area contributed by atoms with Gasteiger partial charge >= 0.3 is 0 Å². The quantitative estimate of drug-likeness (QED) is 0.732. The summed E-state index contributed by atoms with van der Waals surface area (Å²) in [6.45, 7) is 6.52. The molecule has 0 aliphatic carbocycles. The second-order valence-electron chi connectivity index (χ2n) is 5.49. The molecule has 0 aromatic heterocycles. The van der Waals surface area contributed by atoms with Crippen LogP contribution in [0.15, 0.2) is 18.2 Å². The Labute approximate surface area is 115 Å². The number of nitrogens with one attached hydrogen (secondary N) is 2. The second-order valence-corrected chi connectivity index (χ2v) is 7.24. The average molecular weight is 286 g/mol. The molecular weight excluding hydrogens is 264 g/mol. The number of phenols is 1. The first-order valence-corrected chi connectivity index (χ1v) is 7.96. The van der Waals surface area contributed by atoms with Gasteiger partial charge in [0.05, 0.1) is 6.26 Å². The first-order chi connectivity index (χ1) is 8.59. The van der Waals surface area contributed by atoms with Crippen LogP contribution in [-0.2, 0) is 16.6 Å². The molecule has 1 aromatic carbocycles. The zero-order valence-electron chi connectivity index (χ0n) is 11.8. The Hall–Kier alpha value is -1.11. The van der Waals surface area contributed by atoms with Crippen molar-refractivity contribution in [2.75, 3.05) is 12.8 Å². The molecule has 19 heavy (non-hydrogen) atoms. The van der Waals surface area contributed by atoms with E-state index in [9.17, 15) is 13.5 Å². The molecule has 1 rings (SSSR count). The molecule has 1 aromatic rings. The van der Waals surface area contributed by atoms with Gasteiger partial charge < -0.3 is 10.4 Å². The minimum atomic E-state index is -3.23. The first kappa shape index (κ1) is 15.9. The topological polar surface area (TPSA) is 78.4 Å².